The Bertz CT molecular complexity index is 474. The van der Waals surface area contributed by atoms with E-state index in [0.717, 1.165) is 10.0 Å². The van der Waals surface area contributed by atoms with Crippen LogP contribution in [-0.2, 0) is 16.1 Å². The molecule has 19 heavy (non-hydrogen) atoms. The second-order valence-corrected chi connectivity index (χ2v) is 5.80. The number of hydrogen-bond acceptors (Lipinski definition) is 2. The van der Waals surface area contributed by atoms with E-state index in [1.54, 1.807) is 20.9 Å². The zero-order valence-electron chi connectivity index (χ0n) is 11.3. The summed E-state index contributed by atoms with van der Waals surface area (Å²) in [6.45, 7) is 3.88. The highest BCUT2D eigenvalue weighted by Crippen LogP contribution is 2.17. The Morgan fingerprint density at radius 3 is 2.47 bits per heavy atom. The second-order valence-electron chi connectivity index (χ2n) is 4.88. The van der Waals surface area contributed by atoms with Gasteiger partial charge in [0, 0.05) is 18.1 Å². The van der Waals surface area contributed by atoms with Crippen molar-refractivity contribution in [2.75, 3.05) is 7.05 Å². The van der Waals surface area contributed by atoms with Gasteiger partial charge in [-0.2, -0.15) is 0 Å². The third kappa shape index (κ3) is 4.35. The van der Waals surface area contributed by atoms with Crippen molar-refractivity contribution in [3.8, 4) is 0 Å². The topological polar surface area (TPSA) is 57.6 Å². The predicted molar refractivity (Wildman–Crippen MR) is 76.6 cm³/mol. The number of aliphatic carboxylic acids is 1. The van der Waals surface area contributed by atoms with Crippen molar-refractivity contribution in [2.45, 2.75) is 20.4 Å². The first-order valence-corrected chi connectivity index (χ1v) is 6.84. The van der Waals surface area contributed by atoms with Crippen molar-refractivity contribution in [3.63, 3.8) is 0 Å². The number of benzene rings is 1. The Labute approximate surface area is 121 Å². The van der Waals surface area contributed by atoms with Crippen molar-refractivity contribution >= 4 is 27.8 Å². The van der Waals surface area contributed by atoms with Gasteiger partial charge in [-0.15, -0.1) is 0 Å². The number of rotatable bonds is 5. The molecule has 4 nitrogen and oxygen atoms in total. The average molecular weight is 328 g/mol. The van der Waals surface area contributed by atoms with E-state index in [1.807, 2.05) is 24.3 Å². The molecule has 1 N–H and O–H groups in total. The number of carboxylic acid groups (broad SMARTS) is 1. The van der Waals surface area contributed by atoms with Crippen LogP contribution in [0.3, 0.4) is 0 Å². The molecule has 1 aromatic carbocycles. The minimum absolute atomic E-state index is 0.227. The van der Waals surface area contributed by atoms with Crippen molar-refractivity contribution in [3.05, 3.63) is 34.3 Å². The van der Waals surface area contributed by atoms with Crippen LogP contribution in [-0.4, -0.2) is 28.9 Å². The first-order valence-electron chi connectivity index (χ1n) is 6.05. The summed E-state index contributed by atoms with van der Waals surface area (Å²) < 4.78 is 0.935. The third-order valence-corrected chi connectivity index (χ3v) is 3.38. The quantitative estimate of drug-likeness (QED) is 0.846. The van der Waals surface area contributed by atoms with Crippen molar-refractivity contribution in [2.24, 2.45) is 11.8 Å². The first kappa shape index (κ1) is 15.7. The summed E-state index contributed by atoms with van der Waals surface area (Å²) in [5, 5.41) is 9.12. The summed E-state index contributed by atoms with van der Waals surface area (Å²) >= 11 is 3.37. The van der Waals surface area contributed by atoms with E-state index in [-0.39, 0.29) is 11.8 Å². The van der Waals surface area contributed by atoms with Gasteiger partial charge < -0.3 is 10.0 Å². The maximum atomic E-state index is 12.1. The van der Waals surface area contributed by atoms with Gasteiger partial charge in [0.25, 0.3) is 0 Å². The Morgan fingerprint density at radius 1 is 1.37 bits per heavy atom. The van der Waals surface area contributed by atoms with Crippen LogP contribution in [0.1, 0.15) is 19.4 Å². The van der Waals surface area contributed by atoms with Crippen LogP contribution >= 0.6 is 15.9 Å². The molecule has 1 atom stereocenters. The predicted octanol–water partition coefficient (Wildman–Crippen LogP) is 2.76. The summed E-state index contributed by atoms with van der Waals surface area (Å²) in [5.74, 6) is -2.64. The van der Waals surface area contributed by atoms with E-state index in [0.29, 0.717) is 6.54 Å². The molecule has 0 saturated carbocycles. The molecule has 0 bridgehead atoms. The molecule has 0 saturated heterocycles. The van der Waals surface area contributed by atoms with Gasteiger partial charge >= 0.3 is 5.97 Å². The van der Waals surface area contributed by atoms with Crippen LogP contribution in [0.5, 0.6) is 0 Å². The molecule has 0 heterocycles. The van der Waals surface area contributed by atoms with Crippen LogP contribution in [0.25, 0.3) is 0 Å². The summed E-state index contributed by atoms with van der Waals surface area (Å²) in [7, 11) is 1.63. The highest BCUT2D eigenvalue weighted by atomic mass is 79.9. The maximum absolute atomic E-state index is 12.1. The molecule has 1 unspecified atom stereocenters. The lowest BCUT2D eigenvalue weighted by molar-refractivity contribution is -0.152. The number of hydrogen-bond donors (Lipinski definition) is 1. The molecule has 1 rings (SSSR count). The molecule has 0 aliphatic heterocycles. The van der Waals surface area contributed by atoms with Crippen molar-refractivity contribution in [1.29, 1.82) is 0 Å². The average Bonchev–Trinajstić information content (AvgIpc) is 2.27. The summed E-state index contributed by atoms with van der Waals surface area (Å²) in [4.78, 5) is 24.7. The normalized spacial score (nSPS) is 12.3. The highest BCUT2D eigenvalue weighted by Gasteiger charge is 2.31. The number of carbonyl (C=O) groups is 2. The van der Waals surface area contributed by atoms with Gasteiger partial charge in [0.2, 0.25) is 5.91 Å². The second kappa shape index (κ2) is 6.70. The van der Waals surface area contributed by atoms with Crippen LogP contribution in [0.4, 0.5) is 0 Å². The number of carbonyl (C=O) groups excluding carboxylic acids is 1. The standard InChI is InChI=1S/C14H18BrNO3/c1-9(2)12(14(18)19)13(17)16(3)8-10-5-4-6-11(15)7-10/h4-7,9,12H,8H2,1-3H3,(H,18,19). The molecule has 0 radical (unpaired) electrons. The minimum atomic E-state index is -1.07. The van der Waals surface area contributed by atoms with Crippen LogP contribution in [0.2, 0.25) is 0 Å². The number of nitrogens with zero attached hydrogens (tertiary/aromatic N) is 1. The van der Waals surface area contributed by atoms with E-state index in [2.05, 4.69) is 15.9 Å². The van der Waals surface area contributed by atoms with Crippen molar-refractivity contribution < 1.29 is 14.7 Å². The molecule has 0 fully saturated rings. The zero-order chi connectivity index (χ0) is 14.6. The molecule has 0 aliphatic rings. The summed E-state index contributed by atoms with van der Waals surface area (Å²) in [6.07, 6.45) is 0. The van der Waals surface area contributed by atoms with Crippen LogP contribution < -0.4 is 0 Å². The Hall–Kier alpha value is -1.36. The van der Waals surface area contributed by atoms with E-state index in [9.17, 15) is 9.59 Å². The minimum Gasteiger partial charge on any atom is -0.481 e. The van der Waals surface area contributed by atoms with E-state index in [4.69, 9.17) is 5.11 Å². The fraction of sp³-hybridized carbons (Fsp3) is 0.429. The van der Waals surface area contributed by atoms with Gasteiger partial charge in [-0.3, -0.25) is 9.59 Å². The molecule has 1 amide bonds. The van der Waals surface area contributed by atoms with Crippen molar-refractivity contribution in [1.82, 2.24) is 4.90 Å². The highest BCUT2D eigenvalue weighted by molar-refractivity contribution is 9.10. The molecular weight excluding hydrogens is 310 g/mol. The molecule has 0 aromatic heterocycles. The molecule has 104 valence electrons. The molecule has 1 aromatic rings. The van der Waals surface area contributed by atoms with E-state index < -0.39 is 11.9 Å². The smallest absolute Gasteiger partial charge is 0.316 e. The Kier molecular flexibility index (Phi) is 5.54. The van der Waals surface area contributed by atoms with Gasteiger partial charge in [0.1, 0.15) is 5.92 Å². The lowest BCUT2D eigenvalue weighted by Gasteiger charge is -2.23. The zero-order valence-corrected chi connectivity index (χ0v) is 12.8. The SMILES string of the molecule is CC(C)C(C(=O)O)C(=O)N(C)Cc1cccc(Br)c1. The molecule has 5 heteroatoms. The number of halogens is 1. The Balaban J connectivity index is 2.79. The number of carboxylic acids is 1. The summed E-state index contributed by atoms with van der Waals surface area (Å²) in [6, 6.07) is 7.60. The monoisotopic (exact) mass is 327 g/mol. The molecular formula is C14H18BrNO3. The van der Waals surface area contributed by atoms with Gasteiger partial charge in [-0.25, -0.2) is 0 Å². The van der Waals surface area contributed by atoms with Gasteiger partial charge in [-0.1, -0.05) is 41.9 Å². The van der Waals surface area contributed by atoms with E-state index in [1.165, 1.54) is 4.90 Å². The lowest BCUT2D eigenvalue weighted by atomic mass is 9.94. The van der Waals surface area contributed by atoms with E-state index >= 15 is 0 Å². The first-order chi connectivity index (χ1) is 8.82. The Morgan fingerprint density at radius 2 is 2.00 bits per heavy atom. The summed E-state index contributed by atoms with van der Waals surface area (Å²) in [5.41, 5.74) is 0.957. The fourth-order valence-corrected chi connectivity index (χ4v) is 2.35. The molecule has 0 aliphatic carbocycles. The van der Waals surface area contributed by atoms with Crippen LogP contribution in [0.15, 0.2) is 28.7 Å². The van der Waals surface area contributed by atoms with Crippen LogP contribution in [0, 0.1) is 11.8 Å². The van der Waals surface area contributed by atoms with Gasteiger partial charge in [0.05, 0.1) is 0 Å². The maximum Gasteiger partial charge on any atom is 0.316 e. The third-order valence-electron chi connectivity index (χ3n) is 2.88. The van der Waals surface area contributed by atoms with Gasteiger partial charge in [0.15, 0.2) is 0 Å². The van der Waals surface area contributed by atoms with Gasteiger partial charge in [-0.05, 0) is 23.6 Å². The fourth-order valence-electron chi connectivity index (χ4n) is 1.90. The molecule has 0 spiro atoms. The largest absolute Gasteiger partial charge is 0.481 e. The number of amides is 1. The lowest BCUT2D eigenvalue weighted by Crippen LogP contribution is -2.39.